The molecule has 0 radical (unpaired) electrons. The van der Waals surface area contributed by atoms with Crippen molar-refractivity contribution in [1.82, 2.24) is 15.0 Å². The van der Waals surface area contributed by atoms with Gasteiger partial charge in [-0.3, -0.25) is 0 Å². The van der Waals surface area contributed by atoms with Gasteiger partial charge >= 0.3 is 5.97 Å². The number of halogens is 2. The maximum Gasteiger partial charge on any atom is 0.358 e. The number of aromatic nitrogens is 3. The molecule has 2 fully saturated rings. The quantitative estimate of drug-likeness (QED) is 0.924. The van der Waals surface area contributed by atoms with E-state index in [2.05, 4.69) is 10.3 Å². The molecule has 0 aromatic carbocycles. The maximum atomic E-state index is 13.0. The van der Waals surface area contributed by atoms with Crippen LogP contribution in [0.2, 0.25) is 0 Å². The van der Waals surface area contributed by atoms with Crippen molar-refractivity contribution in [1.29, 1.82) is 0 Å². The standard InChI is InChI=1S/C13H17F2N3O3/c14-11(15)10-9(12(19)20)16-17-18(10)7-8-3-6-13(21-8)4-1-2-5-13/h8,11H,1-7H2,(H,19,20). The van der Waals surface area contributed by atoms with Gasteiger partial charge in [0.25, 0.3) is 6.43 Å². The van der Waals surface area contributed by atoms with Crippen molar-refractivity contribution >= 4 is 5.97 Å². The summed E-state index contributed by atoms with van der Waals surface area (Å²) >= 11 is 0. The fourth-order valence-electron chi connectivity index (χ4n) is 3.43. The number of hydrogen-bond acceptors (Lipinski definition) is 4. The van der Waals surface area contributed by atoms with Gasteiger partial charge < -0.3 is 9.84 Å². The first kappa shape index (κ1) is 14.4. The lowest BCUT2D eigenvalue weighted by Crippen LogP contribution is -2.27. The average Bonchev–Trinajstić information content (AvgIpc) is 3.11. The molecule has 1 aliphatic carbocycles. The Morgan fingerprint density at radius 1 is 1.43 bits per heavy atom. The molecule has 6 nitrogen and oxygen atoms in total. The molecule has 1 saturated heterocycles. The predicted molar refractivity (Wildman–Crippen MR) is 67.2 cm³/mol. The van der Waals surface area contributed by atoms with Gasteiger partial charge in [0.2, 0.25) is 0 Å². The van der Waals surface area contributed by atoms with Crippen LogP contribution < -0.4 is 0 Å². The van der Waals surface area contributed by atoms with Crippen LogP contribution >= 0.6 is 0 Å². The second-order valence-electron chi connectivity index (χ2n) is 5.78. The van der Waals surface area contributed by atoms with Crippen LogP contribution in [0.25, 0.3) is 0 Å². The number of rotatable bonds is 4. The smallest absolute Gasteiger partial charge is 0.358 e. The molecule has 1 aliphatic heterocycles. The summed E-state index contributed by atoms with van der Waals surface area (Å²) in [4.78, 5) is 10.9. The Labute approximate surface area is 120 Å². The zero-order valence-electron chi connectivity index (χ0n) is 11.5. The lowest BCUT2D eigenvalue weighted by Gasteiger charge is -2.23. The molecule has 0 amide bonds. The number of carbonyl (C=O) groups is 1. The van der Waals surface area contributed by atoms with Crippen molar-refractivity contribution < 1.29 is 23.4 Å². The largest absolute Gasteiger partial charge is 0.476 e. The molecule has 1 atom stereocenters. The summed E-state index contributed by atoms with van der Waals surface area (Å²) in [6.45, 7) is 0.127. The predicted octanol–water partition coefficient (Wildman–Crippen LogP) is 2.41. The highest BCUT2D eigenvalue weighted by Gasteiger charge is 2.42. The van der Waals surface area contributed by atoms with Gasteiger partial charge in [0.1, 0.15) is 5.69 Å². The Hall–Kier alpha value is -1.57. The van der Waals surface area contributed by atoms with E-state index in [1.165, 1.54) is 0 Å². The number of hydrogen-bond donors (Lipinski definition) is 1. The summed E-state index contributed by atoms with van der Waals surface area (Å²) < 4.78 is 33.1. The third kappa shape index (κ3) is 2.64. The Balaban J connectivity index is 1.75. The van der Waals surface area contributed by atoms with Crippen LogP contribution in [0, 0.1) is 0 Å². The number of alkyl halides is 2. The van der Waals surface area contributed by atoms with Crippen LogP contribution in [0.5, 0.6) is 0 Å². The van der Waals surface area contributed by atoms with E-state index >= 15 is 0 Å². The molecule has 1 saturated carbocycles. The molecule has 0 bridgehead atoms. The van der Waals surface area contributed by atoms with Gasteiger partial charge in [-0.15, -0.1) is 5.10 Å². The highest BCUT2D eigenvalue weighted by atomic mass is 19.3. The Bertz CT molecular complexity index is 541. The molecule has 1 aromatic rings. The summed E-state index contributed by atoms with van der Waals surface area (Å²) in [5.41, 5.74) is -1.41. The molecule has 8 heteroatoms. The van der Waals surface area contributed by atoms with E-state index in [0.717, 1.165) is 43.2 Å². The third-order valence-corrected chi connectivity index (χ3v) is 4.41. The minimum atomic E-state index is -2.92. The Morgan fingerprint density at radius 3 is 2.76 bits per heavy atom. The van der Waals surface area contributed by atoms with Crippen LogP contribution in [0.3, 0.4) is 0 Å². The third-order valence-electron chi connectivity index (χ3n) is 4.41. The maximum absolute atomic E-state index is 13.0. The Morgan fingerprint density at radius 2 is 2.14 bits per heavy atom. The van der Waals surface area contributed by atoms with E-state index in [-0.39, 0.29) is 18.2 Å². The van der Waals surface area contributed by atoms with Gasteiger partial charge in [-0.2, -0.15) is 0 Å². The topological polar surface area (TPSA) is 77.2 Å². The molecule has 1 unspecified atom stereocenters. The molecule has 2 aliphatic rings. The molecular formula is C13H17F2N3O3. The highest BCUT2D eigenvalue weighted by Crippen LogP contribution is 2.43. The molecule has 1 spiro atoms. The number of carboxylic acids is 1. The number of carboxylic acid groups (broad SMARTS) is 1. The fourth-order valence-corrected chi connectivity index (χ4v) is 3.43. The lowest BCUT2D eigenvalue weighted by molar-refractivity contribution is -0.0440. The van der Waals surface area contributed by atoms with Crippen LogP contribution in [-0.2, 0) is 11.3 Å². The first-order valence-corrected chi connectivity index (χ1v) is 7.13. The van der Waals surface area contributed by atoms with Gasteiger partial charge in [-0.1, -0.05) is 18.1 Å². The summed E-state index contributed by atoms with van der Waals surface area (Å²) in [6.07, 6.45) is 2.90. The van der Waals surface area contributed by atoms with Crippen LogP contribution in [0.4, 0.5) is 8.78 Å². The van der Waals surface area contributed by atoms with E-state index in [4.69, 9.17) is 9.84 Å². The van der Waals surface area contributed by atoms with E-state index < -0.39 is 23.8 Å². The van der Waals surface area contributed by atoms with Gasteiger partial charge in [-0.25, -0.2) is 18.3 Å². The van der Waals surface area contributed by atoms with Crippen molar-refractivity contribution in [3.63, 3.8) is 0 Å². The molecule has 1 N–H and O–H groups in total. The van der Waals surface area contributed by atoms with Gasteiger partial charge in [0, 0.05) is 0 Å². The van der Waals surface area contributed by atoms with Crippen LogP contribution in [0.15, 0.2) is 0 Å². The van der Waals surface area contributed by atoms with Gasteiger partial charge in [0.05, 0.1) is 18.2 Å². The lowest BCUT2D eigenvalue weighted by atomic mass is 9.98. The first-order valence-electron chi connectivity index (χ1n) is 7.13. The van der Waals surface area contributed by atoms with E-state index in [1.807, 2.05) is 0 Å². The van der Waals surface area contributed by atoms with Crippen molar-refractivity contribution in [2.75, 3.05) is 0 Å². The number of ether oxygens (including phenoxy) is 1. The van der Waals surface area contributed by atoms with Gasteiger partial charge in [-0.05, 0) is 25.7 Å². The zero-order chi connectivity index (χ0) is 15.0. The van der Waals surface area contributed by atoms with Crippen LogP contribution in [0.1, 0.15) is 61.1 Å². The first-order chi connectivity index (χ1) is 10.0. The van der Waals surface area contributed by atoms with Crippen molar-refractivity contribution in [2.45, 2.75) is 63.2 Å². The SMILES string of the molecule is O=C(O)c1nnn(CC2CCC3(CCCC3)O2)c1C(F)F. The normalized spacial score (nSPS) is 24.2. The molecule has 2 heterocycles. The average molecular weight is 301 g/mol. The minimum absolute atomic E-state index is 0.0914. The molecule has 3 rings (SSSR count). The van der Waals surface area contributed by atoms with E-state index in [1.54, 1.807) is 0 Å². The highest BCUT2D eigenvalue weighted by molar-refractivity contribution is 5.86. The summed E-state index contributed by atoms with van der Waals surface area (Å²) in [6, 6.07) is 0. The van der Waals surface area contributed by atoms with Crippen molar-refractivity contribution in [3.8, 4) is 0 Å². The van der Waals surface area contributed by atoms with Gasteiger partial charge in [0.15, 0.2) is 5.69 Å². The molecule has 1 aromatic heterocycles. The Kier molecular flexibility index (Phi) is 3.64. The van der Waals surface area contributed by atoms with Crippen molar-refractivity contribution in [2.24, 2.45) is 0 Å². The second kappa shape index (κ2) is 5.32. The zero-order valence-corrected chi connectivity index (χ0v) is 11.5. The molecule has 21 heavy (non-hydrogen) atoms. The number of aromatic carboxylic acids is 1. The van der Waals surface area contributed by atoms with Crippen molar-refractivity contribution in [3.05, 3.63) is 11.4 Å². The minimum Gasteiger partial charge on any atom is -0.476 e. The monoisotopic (exact) mass is 301 g/mol. The fraction of sp³-hybridized carbons (Fsp3) is 0.769. The number of nitrogens with zero attached hydrogens (tertiary/aromatic N) is 3. The van der Waals surface area contributed by atoms with E-state index in [0.29, 0.717) is 0 Å². The second-order valence-corrected chi connectivity index (χ2v) is 5.78. The summed E-state index contributed by atoms with van der Waals surface area (Å²) in [7, 11) is 0. The van der Waals surface area contributed by atoms with Crippen LogP contribution in [-0.4, -0.2) is 37.8 Å². The molecule has 116 valence electrons. The summed E-state index contributed by atoms with van der Waals surface area (Å²) in [5, 5.41) is 15.8. The van der Waals surface area contributed by atoms with E-state index in [9.17, 15) is 13.6 Å². The summed E-state index contributed by atoms with van der Waals surface area (Å²) in [5.74, 6) is -1.49. The molecular weight excluding hydrogens is 284 g/mol.